The standard InChI is InChI=1S/C18H21N3O3S/c1-10(2)19-17(23)13-8-9-14-15(13)20-18(25-14)21-16(22)11-4-6-12(24-3)7-5-11/h4-7,10,13H,8-9H2,1-3H3,(H,19,23)(H,20,21,22). The predicted octanol–water partition coefficient (Wildman–Crippen LogP) is 2.96. The first-order valence-electron chi connectivity index (χ1n) is 8.23. The highest BCUT2D eigenvalue weighted by molar-refractivity contribution is 7.16. The van der Waals surface area contributed by atoms with Gasteiger partial charge in [0.15, 0.2) is 5.13 Å². The molecule has 0 radical (unpaired) electrons. The second kappa shape index (κ2) is 7.23. The maximum Gasteiger partial charge on any atom is 0.257 e. The first-order valence-corrected chi connectivity index (χ1v) is 9.05. The molecule has 0 saturated heterocycles. The number of hydrogen-bond acceptors (Lipinski definition) is 5. The summed E-state index contributed by atoms with van der Waals surface area (Å²) in [6.45, 7) is 3.88. The highest BCUT2D eigenvalue weighted by Crippen LogP contribution is 2.38. The van der Waals surface area contributed by atoms with Gasteiger partial charge in [-0.2, -0.15) is 0 Å². The van der Waals surface area contributed by atoms with Crippen LogP contribution in [0.4, 0.5) is 5.13 Å². The van der Waals surface area contributed by atoms with E-state index in [9.17, 15) is 9.59 Å². The summed E-state index contributed by atoms with van der Waals surface area (Å²) in [5.41, 5.74) is 1.33. The van der Waals surface area contributed by atoms with E-state index < -0.39 is 0 Å². The summed E-state index contributed by atoms with van der Waals surface area (Å²) in [5, 5.41) is 6.30. The van der Waals surface area contributed by atoms with E-state index in [0.29, 0.717) is 16.4 Å². The molecule has 132 valence electrons. The van der Waals surface area contributed by atoms with Crippen molar-refractivity contribution in [1.82, 2.24) is 10.3 Å². The van der Waals surface area contributed by atoms with Gasteiger partial charge < -0.3 is 10.1 Å². The quantitative estimate of drug-likeness (QED) is 0.860. The van der Waals surface area contributed by atoms with Crippen molar-refractivity contribution in [2.75, 3.05) is 12.4 Å². The fourth-order valence-corrected chi connectivity index (χ4v) is 3.87. The van der Waals surface area contributed by atoms with Gasteiger partial charge in [0.05, 0.1) is 18.7 Å². The van der Waals surface area contributed by atoms with Gasteiger partial charge in [0, 0.05) is 16.5 Å². The molecule has 1 unspecified atom stereocenters. The van der Waals surface area contributed by atoms with Crippen LogP contribution in [-0.4, -0.2) is 29.9 Å². The number of nitrogens with one attached hydrogen (secondary N) is 2. The predicted molar refractivity (Wildman–Crippen MR) is 97.4 cm³/mol. The van der Waals surface area contributed by atoms with Gasteiger partial charge in [-0.1, -0.05) is 0 Å². The summed E-state index contributed by atoms with van der Waals surface area (Å²) >= 11 is 1.44. The number of aromatic nitrogens is 1. The van der Waals surface area contributed by atoms with Crippen LogP contribution in [0.15, 0.2) is 24.3 Å². The van der Waals surface area contributed by atoms with Crippen LogP contribution < -0.4 is 15.4 Å². The lowest BCUT2D eigenvalue weighted by molar-refractivity contribution is -0.123. The van der Waals surface area contributed by atoms with Crippen LogP contribution in [0, 0.1) is 0 Å². The number of anilines is 1. The maximum atomic E-state index is 12.3. The molecule has 1 aliphatic rings. The van der Waals surface area contributed by atoms with Gasteiger partial charge in [0.1, 0.15) is 5.75 Å². The molecule has 0 spiro atoms. The van der Waals surface area contributed by atoms with Crippen molar-refractivity contribution in [3.8, 4) is 5.75 Å². The van der Waals surface area contributed by atoms with E-state index in [-0.39, 0.29) is 23.8 Å². The summed E-state index contributed by atoms with van der Waals surface area (Å²) in [6, 6.07) is 6.99. The highest BCUT2D eigenvalue weighted by atomic mass is 32.1. The number of amides is 2. The number of methoxy groups -OCH3 is 1. The van der Waals surface area contributed by atoms with Gasteiger partial charge in [0.25, 0.3) is 5.91 Å². The topological polar surface area (TPSA) is 80.3 Å². The zero-order valence-electron chi connectivity index (χ0n) is 14.5. The van der Waals surface area contributed by atoms with Crippen LogP contribution in [0.25, 0.3) is 0 Å². The highest BCUT2D eigenvalue weighted by Gasteiger charge is 2.33. The first kappa shape index (κ1) is 17.4. The van der Waals surface area contributed by atoms with Crippen molar-refractivity contribution in [3.63, 3.8) is 0 Å². The molecule has 3 rings (SSSR count). The molecule has 0 fully saturated rings. The lowest BCUT2D eigenvalue weighted by Gasteiger charge is -2.13. The van der Waals surface area contributed by atoms with Crippen molar-refractivity contribution in [2.45, 2.75) is 38.6 Å². The molecule has 6 nitrogen and oxygen atoms in total. The van der Waals surface area contributed by atoms with E-state index >= 15 is 0 Å². The summed E-state index contributed by atoms with van der Waals surface area (Å²) in [7, 11) is 1.58. The number of fused-ring (bicyclic) bond motifs is 1. The minimum Gasteiger partial charge on any atom is -0.497 e. The Morgan fingerprint density at radius 2 is 2.00 bits per heavy atom. The fraction of sp³-hybridized carbons (Fsp3) is 0.389. The van der Waals surface area contributed by atoms with E-state index in [2.05, 4.69) is 15.6 Å². The Bertz CT molecular complexity index is 783. The first-order chi connectivity index (χ1) is 12.0. The monoisotopic (exact) mass is 359 g/mol. The van der Waals surface area contributed by atoms with Crippen LogP contribution in [-0.2, 0) is 11.2 Å². The Labute approximate surface area is 150 Å². The van der Waals surface area contributed by atoms with Crippen molar-refractivity contribution in [3.05, 3.63) is 40.4 Å². The molecule has 0 bridgehead atoms. The molecule has 1 aromatic carbocycles. The minimum absolute atomic E-state index is 0.00656. The van der Waals surface area contributed by atoms with Crippen molar-refractivity contribution in [2.24, 2.45) is 0 Å². The van der Waals surface area contributed by atoms with Gasteiger partial charge >= 0.3 is 0 Å². The van der Waals surface area contributed by atoms with Gasteiger partial charge in [-0.05, 0) is 51.0 Å². The normalized spacial score (nSPS) is 15.8. The van der Waals surface area contributed by atoms with Gasteiger partial charge in [-0.25, -0.2) is 4.98 Å². The van der Waals surface area contributed by atoms with Crippen LogP contribution in [0.1, 0.15) is 47.1 Å². The Morgan fingerprint density at radius 3 is 2.64 bits per heavy atom. The number of carbonyl (C=O) groups excluding carboxylic acids is 2. The zero-order chi connectivity index (χ0) is 18.0. The number of hydrogen-bond donors (Lipinski definition) is 2. The van der Waals surface area contributed by atoms with E-state index in [4.69, 9.17) is 4.74 Å². The number of nitrogens with zero attached hydrogens (tertiary/aromatic N) is 1. The molecule has 0 saturated carbocycles. The maximum absolute atomic E-state index is 12.3. The molecule has 1 heterocycles. The van der Waals surface area contributed by atoms with Crippen molar-refractivity contribution in [1.29, 1.82) is 0 Å². The Morgan fingerprint density at radius 1 is 1.28 bits per heavy atom. The van der Waals surface area contributed by atoms with Crippen molar-refractivity contribution < 1.29 is 14.3 Å². The molecular weight excluding hydrogens is 338 g/mol. The third-order valence-corrected chi connectivity index (χ3v) is 5.08. The molecule has 1 aliphatic carbocycles. The third kappa shape index (κ3) is 3.82. The van der Waals surface area contributed by atoms with E-state index in [1.807, 2.05) is 13.8 Å². The second-order valence-electron chi connectivity index (χ2n) is 6.26. The largest absolute Gasteiger partial charge is 0.497 e. The molecule has 1 aromatic heterocycles. The summed E-state index contributed by atoms with van der Waals surface area (Å²) < 4.78 is 5.09. The number of thiazole rings is 1. The number of benzene rings is 1. The molecule has 2 N–H and O–H groups in total. The number of rotatable bonds is 5. The Hall–Kier alpha value is -2.41. The SMILES string of the molecule is COc1ccc(C(=O)Nc2nc3c(s2)CCC3C(=O)NC(C)C)cc1. The average Bonchev–Trinajstić information content (AvgIpc) is 3.14. The molecular formula is C18H21N3O3S. The minimum atomic E-state index is -0.224. The Balaban J connectivity index is 1.71. The average molecular weight is 359 g/mol. The summed E-state index contributed by atoms with van der Waals surface area (Å²) in [5.74, 6) is 0.259. The van der Waals surface area contributed by atoms with Gasteiger partial charge in [-0.15, -0.1) is 11.3 Å². The van der Waals surface area contributed by atoms with Crippen LogP contribution in [0.3, 0.4) is 0 Å². The zero-order valence-corrected chi connectivity index (χ0v) is 15.3. The van der Waals surface area contributed by atoms with Crippen molar-refractivity contribution >= 4 is 28.3 Å². The fourth-order valence-electron chi connectivity index (χ4n) is 2.83. The van der Waals surface area contributed by atoms with Gasteiger partial charge in [0.2, 0.25) is 5.91 Å². The Kier molecular flexibility index (Phi) is 5.03. The number of ether oxygens (including phenoxy) is 1. The lowest BCUT2D eigenvalue weighted by atomic mass is 10.1. The molecule has 0 aliphatic heterocycles. The molecule has 25 heavy (non-hydrogen) atoms. The number of aryl methyl sites for hydroxylation is 1. The molecule has 2 aromatic rings. The summed E-state index contributed by atoms with van der Waals surface area (Å²) in [4.78, 5) is 30.2. The number of carbonyl (C=O) groups is 2. The van der Waals surface area contributed by atoms with E-state index in [1.54, 1.807) is 31.4 Å². The van der Waals surface area contributed by atoms with E-state index in [0.717, 1.165) is 23.4 Å². The lowest BCUT2D eigenvalue weighted by Crippen LogP contribution is -2.34. The smallest absolute Gasteiger partial charge is 0.257 e. The van der Waals surface area contributed by atoms with Crippen LogP contribution in [0.5, 0.6) is 5.75 Å². The van der Waals surface area contributed by atoms with Crippen LogP contribution >= 0.6 is 11.3 Å². The van der Waals surface area contributed by atoms with E-state index in [1.165, 1.54) is 11.3 Å². The molecule has 1 atom stereocenters. The van der Waals surface area contributed by atoms with Crippen LogP contribution in [0.2, 0.25) is 0 Å². The van der Waals surface area contributed by atoms with Gasteiger partial charge in [-0.3, -0.25) is 14.9 Å². The third-order valence-electron chi connectivity index (χ3n) is 4.04. The molecule has 2 amide bonds. The molecule has 7 heteroatoms. The second-order valence-corrected chi connectivity index (χ2v) is 7.35. The summed E-state index contributed by atoms with van der Waals surface area (Å²) in [6.07, 6.45) is 1.60.